The summed E-state index contributed by atoms with van der Waals surface area (Å²) in [6.45, 7) is 11.2. The van der Waals surface area contributed by atoms with E-state index in [0.717, 1.165) is 6.42 Å². The highest BCUT2D eigenvalue weighted by molar-refractivity contribution is 6.04. The number of anilines is 1. The van der Waals surface area contributed by atoms with Crippen molar-refractivity contribution in [2.75, 3.05) is 19.5 Å². The molecule has 8 nitrogen and oxygen atoms in total. The van der Waals surface area contributed by atoms with Crippen LogP contribution in [0.15, 0.2) is 12.1 Å². The van der Waals surface area contributed by atoms with Crippen LogP contribution >= 0.6 is 0 Å². The topological polar surface area (TPSA) is 94.2 Å². The third-order valence-electron chi connectivity index (χ3n) is 5.45. The summed E-state index contributed by atoms with van der Waals surface area (Å²) < 4.78 is 16.1. The second kappa shape index (κ2) is 10.0. The molecule has 0 radical (unpaired) electrons. The molecule has 0 aromatic heterocycles. The van der Waals surface area contributed by atoms with E-state index in [1.54, 1.807) is 11.8 Å². The summed E-state index contributed by atoms with van der Waals surface area (Å²) in [6.07, 6.45) is -0.178. The summed E-state index contributed by atoms with van der Waals surface area (Å²) >= 11 is 0. The predicted molar refractivity (Wildman–Crippen MR) is 117 cm³/mol. The number of carbonyl (C=O) groups excluding carboxylic acids is 3. The molecule has 172 valence electrons. The highest BCUT2D eigenvalue weighted by Crippen LogP contribution is 2.40. The van der Waals surface area contributed by atoms with Crippen LogP contribution in [0.2, 0.25) is 0 Å². The van der Waals surface area contributed by atoms with E-state index in [0.29, 0.717) is 17.4 Å². The fraction of sp³-hybridized carbons (Fsp3) is 0.609. The summed E-state index contributed by atoms with van der Waals surface area (Å²) in [6, 6.07) is 2.91. The molecular formula is C23H34N2O6. The van der Waals surface area contributed by atoms with Crippen molar-refractivity contribution in [1.29, 1.82) is 0 Å². The lowest BCUT2D eigenvalue weighted by molar-refractivity contribution is -0.143. The van der Waals surface area contributed by atoms with E-state index in [9.17, 15) is 14.4 Å². The first-order chi connectivity index (χ1) is 14.5. The molecule has 3 atom stereocenters. The SMILES string of the molecule is COc1cc(NC(=O)C2CC2C)c(C(=O)OC(C)C(=O)N(C(C)C)C(C)C)cc1OC. The van der Waals surface area contributed by atoms with Gasteiger partial charge in [0.05, 0.1) is 25.5 Å². The molecular weight excluding hydrogens is 400 g/mol. The van der Waals surface area contributed by atoms with Crippen molar-refractivity contribution in [3.05, 3.63) is 17.7 Å². The number of amides is 2. The minimum absolute atomic E-state index is 0.0369. The summed E-state index contributed by atoms with van der Waals surface area (Å²) in [7, 11) is 2.92. The quantitative estimate of drug-likeness (QED) is 0.598. The molecule has 0 saturated heterocycles. The molecule has 1 N–H and O–H groups in total. The molecule has 31 heavy (non-hydrogen) atoms. The first kappa shape index (κ1) is 24.5. The van der Waals surface area contributed by atoms with Crippen LogP contribution < -0.4 is 14.8 Å². The number of nitrogens with one attached hydrogen (secondary N) is 1. The Morgan fingerprint density at radius 1 is 1.00 bits per heavy atom. The van der Waals surface area contributed by atoms with Crippen molar-refractivity contribution >= 4 is 23.5 Å². The second-order valence-corrected chi connectivity index (χ2v) is 8.54. The molecule has 1 aliphatic carbocycles. The van der Waals surface area contributed by atoms with Crippen molar-refractivity contribution < 1.29 is 28.6 Å². The monoisotopic (exact) mass is 434 g/mol. The van der Waals surface area contributed by atoms with Gasteiger partial charge >= 0.3 is 5.97 Å². The number of esters is 1. The van der Waals surface area contributed by atoms with Gasteiger partial charge in [0.2, 0.25) is 5.91 Å². The van der Waals surface area contributed by atoms with Gasteiger partial charge in [-0.2, -0.15) is 0 Å². The Bertz CT molecular complexity index is 828. The van der Waals surface area contributed by atoms with Crippen LogP contribution in [0, 0.1) is 11.8 Å². The van der Waals surface area contributed by atoms with Crippen LogP contribution in [0.5, 0.6) is 11.5 Å². The van der Waals surface area contributed by atoms with Gasteiger partial charge in [-0.15, -0.1) is 0 Å². The number of hydrogen-bond donors (Lipinski definition) is 1. The van der Waals surface area contributed by atoms with Crippen molar-refractivity contribution in [2.24, 2.45) is 11.8 Å². The lowest BCUT2D eigenvalue weighted by Crippen LogP contribution is -2.47. The smallest absolute Gasteiger partial charge is 0.341 e. The molecule has 3 unspecified atom stereocenters. The van der Waals surface area contributed by atoms with E-state index in [1.165, 1.54) is 26.4 Å². The molecule has 0 bridgehead atoms. The average Bonchev–Trinajstić information content (AvgIpc) is 3.43. The van der Waals surface area contributed by atoms with E-state index in [-0.39, 0.29) is 41.1 Å². The lowest BCUT2D eigenvalue weighted by Gasteiger charge is -2.32. The van der Waals surface area contributed by atoms with Gasteiger partial charge < -0.3 is 24.4 Å². The third-order valence-corrected chi connectivity index (χ3v) is 5.45. The number of ether oxygens (including phenoxy) is 3. The molecule has 1 aliphatic rings. The number of hydrogen-bond acceptors (Lipinski definition) is 6. The van der Waals surface area contributed by atoms with Gasteiger partial charge in [0.25, 0.3) is 5.91 Å². The van der Waals surface area contributed by atoms with Gasteiger partial charge in [-0.25, -0.2) is 4.79 Å². The van der Waals surface area contributed by atoms with E-state index < -0.39 is 12.1 Å². The molecule has 0 heterocycles. The highest BCUT2D eigenvalue weighted by Gasteiger charge is 2.39. The van der Waals surface area contributed by atoms with Gasteiger partial charge in [0.1, 0.15) is 0 Å². The maximum absolute atomic E-state index is 13.0. The van der Waals surface area contributed by atoms with Crippen LogP contribution in [0.4, 0.5) is 5.69 Å². The standard InChI is InChI=1S/C23H34N2O6/c1-12(2)25(13(3)4)22(27)15(6)31-23(28)17-10-19(29-7)20(30-8)11-18(17)24-21(26)16-9-14(16)5/h10-16H,9H2,1-8H3,(H,24,26). The van der Waals surface area contributed by atoms with Crippen LogP contribution in [-0.4, -0.2) is 55.1 Å². The maximum atomic E-state index is 13.0. The lowest BCUT2D eigenvalue weighted by atomic mass is 10.1. The van der Waals surface area contributed by atoms with Gasteiger partial charge in [0, 0.05) is 30.1 Å². The third kappa shape index (κ3) is 5.68. The van der Waals surface area contributed by atoms with Crippen molar-refractivity contribution in [3.63, 3.8) is 0 Å². The molecule has 0 spiro atoms. The van der Waals surface area contributed by atoms with E-state index >= 15 is 0 Å². The van der Waals surface area contributed by atoms with Gasteiger partial charge in [-0.1, -0.05) is 6.92 Å². The Morgan fingerprint density at radius 3 is 1.97 bits per heavy atom. The molecule has 1 aromatic carbocycles. The van der Waals surface area contributed by atoms with Crippen LogP contribution in [0.25, 0.3) is 0 Å². The minimum atomic E-state index is -0.989. The fourth-order valence-corrected chi connectivity index (χ4v) is 3.65. The summed E-state index contributed by atoms with van der Waals surface area (Å²) in [5, 5.41) is 2.80. The van der Waals surface area contributed by atoms with Gasteiger partial charge in [-0.3, -0.25) is 9.59 Å². The maximum Gasteiger partial charge on any atom is 0.341 e. The number of benzene rings is 1. The fourth-order valence-electron chi connectivity index (χ4n) is 3.65. The van der Waals surface area contributed by atoms with E-state index in [4.69, 9.17) is 14.2 Å². The summed E-state index contributed by atoms with van der Waals surface area (Å²) in [4.78, 5) is 40.0. The first-order valence-corrected chi connectivity index (χ1v) is 10.6. The number of carbonyl (C=O) groups is 3. The van der Waals surface area contributed by atoms with Crippen molar-refractivity contribution in [3.8, 4) is 11.5 Å². The molecule has 1 aromatic rings. The van der Waals surface area contributed by atoms with Crippen LogP contribution in [0.3, 0.4) is 0 Å². The Hall–Kier alpha value is -2.77. The van der Waals surface area contributed by atoms with Crippen molar-refractivity contribution in [2.45, 2.75) is 66.2 Å². The van der Waals surface area contributed by atoms with Gasteiger partial charge in [-0.05, 0) is 47.0 Å². The molecule has 2 amide bonds. The molecule has 1 saturated carbocycles. The molecule has 8 heteroatoms. The highest BCUT2D eigenvalue weighted by atomic mass is 16.5. The molecule has 0 aliphatic heterocycles. The molecule has 2 rings (SSSR count). The minimum Gasteiger partial charge on any atom is -0.493 e. The van der Waals surface area contributed by atoms with Crippen LogP contribution in [0.1, 0.15) is 58.3 Å². The zero-order valence-electron chi connectivity index (χ0n) is 19.6. The predicted octanol–water partition coefficient (Wildman–Crippen LogP) is 3.49. The zero-order chi connectivity index (χ0) is 23.5. The summed E-state index contributed by atoms with van der Waals surface area (Å²) in [5.41, 5.74) is 0.357. The number of methoxy groups -OCH3 is 2. The van der Waals surface area contributed by atoms with Crippen molar-refractivity contribution in [1.82, 2.24) is 4.90 Å². The zero-order valence-corrected chi connectivity index (χ0v) is 19.6. The molecule has 1 fully saturated rings. The second-order valence-electron chi connectivity index (χ2n) is 8.54. The summed E-state index contributed by atoms with van der Waals surface area (Å²) in [5.74, 6) is -0.257. The Kier molecular flexibility index (Phi) is 7.92. The number of rotatable bonds is 9. The Morgan fingerprint density at radius 2 is 1.52 bits per heavy atom. The Labute approximate surface area is 184 Å². The first-order valence-electron chi connectivity index (χ1n) is 10.6. The largest absolute Gasteiger partial charge is 0.493 e. The van der Waals surface area contributed by atoms with E-state index in [2.05, 4.69) is 5.32 Å². The average molecular weight is 435 g/mol. The Balaban J connectivity index is 2.30. The van der Waals surface area contributed by atoms with Gasteiger partial charge in [0.15, 0.2) is 17.6 Å². The van der Waals surface area contributed by atoms with E-state index in [1.807, 2.05) is 34.6 Å². The number of nitrogens with zero attached hydrogens (tertiary/aromatic N) is 1. The van der Waals surface area contributed by atoms with Crippen LogP contribution in [-0.2, 0) is 14.3 Å². The normalized spacial score (nSPS) is 18.4.